The molecule has 6 nitrogen and oxygen atoms in total. The van der Waals surface area contributed by atoms with Gasteiger partial charge in [-0.2, -0.15) is 0 Å². The zero-order valence-electron chi connectivity index (χ0n) is 24.6. The van der Waals surface area contributed by atoms with Crippen LogP contribution in [0.3, 0.4) is 0 Å². The molecule has 1 aliphatic rings. The third kappa shape index (κ3) is 4.68. The molecule has 0 radical (unpaired) electrons. The maximum Gasteiger partial charge on any atom is 0.130 e. The molecule has 0 spiro atoms. The van der Waals surface area contributed by atoms with Crippen molar-refractivity contribution >= 4 is 22.7 Å². The van der Waals surface area contributed by atoms with Gasteiger partial charge in [0.15, 0.2) is 0 Å². The Bertz CT molecular complexity index is 1410. The van der Waals surface area contributed by atoms with E-state index in [9.17, 15) is 0 Å². The highest BCUT2D eigenvalue weighted by atomic mass is 16.5. The average molecular weight is 539 g/mol. The smallest absolute Gasteiger partial charge is 0.130 e. The summed E-state index contributed by atoms with van der Waals surface area (Å²) in [7, 11) is 6.73. The number of hydrogen-bond donors (Lipinski definition) is 0. The van der Waals surface area contributed by atoms with Gasteiger partial charge in [0, 0.05) is 35.3 Å². The molecule has 4 aromatic rings. The molecular formula is C34H38N2O4. The van der Waals surface area contributed by atoms with Gasteiger partial charge in [-0.15, -0.1) is 0 Å². The Morgan fingerprint density at radius 1 is 0.450 bits per heavy atom. The van der Waals surface area contributed by atoms with Crippen LogP contribution in [0.1, 0.15) is 27.7 Å². The first-order valence-corrected chi connectivity index (χ1v) is 13.6. The topological polar surface area (TPSA) is 43.4 Å². The molecule has 1 heterocycles. The Hall–Kier alpha value is -4.32. The molecule has 0 bridgehead atoms. The summed E-state index contributed by atoms with van der Waals surface area (Å²) in [4.78, 5) is 4.86. The molecule has 208 valence electrons. The Kier molecular flexibility index (Phi) is 7.53. The van der Waals surface area contributed by atoms with Crippen molar-refractivity contribution in [2.75, 3.05) is 38.2 Å². The van der Waals surface area contributed by atoms with Gasteiger partial charge in [-0.25, -0.2) is 0 Å². The highest BCUT2D eigenvalue weighted by Gasteiger charge is 2.32. The second-order valence-corrected chi connectivity index (χ2v) is 10.5. The fraction of sp³-hybridized carbons (Fsp3) is 0.294. The third-order valence-corrected chi connectivity index (χ3v) is 7.46. The largest absolute Gasteiger partial charge is 0.497 e. The van der Waals surface area contributed by atoms with E-state index in [1.807, 2.05) is 24.3 Å². The number of anilines is 4. The maximum absolute atomic E-state index is 5.74. The van der Waals surface area contributed by atoms with E-state index in [2.05, 4.69) is 86.0 Å². The van der Waals surface area contributed by atoms with Crippen molar-refractivity contribution in [1.82, 2.24) is 0 Å². The summed E-state index contributed by atoms with van der Waals surface area (Å²) < 4.78 is 22.3. The summed E-state index contributed by atoms with van der Waals surface area (Å²) in [5, 5.41) is 0. The summed E-state index contributed by atoms with van der Waals surface area (Å²) in [6.07, 6.45) is 0. The van der Waals surface area contributed by atoms with Crippen molar-refractivity contribution in [1.29, 1.82) is 0 Å². The number of benzene rings is 4. The minimum absolute atomic E-state index is 0.237. The molecule has 0 unspecified atom stereocenters. The number of methoxy groups -OCH3 is 4. The zero-order chi connectivity index (χ0) is 28.6. The molecule has 0 amide bonds. The highest BCUT2D eigenvalue weighted by Crippen LogP contribution is 2.52. The molecule has 5 rings (SSSR count). The van der Waals surface area contributed by atoms with Gasteiger partial charge in [-0.3, -0.25) is 0 Å². The molecule has 1 aliphatic heterocycles. The number of rotatable bonds is 8. The van der Waals surface area contributed by atoms with E-state index in [-0.39, 0.29) is 12.1 Å². The lowest BCUT2D eigenvalue weighted by Gasteiger charge is -2.44. The van der Waals surface area contributed by atoms with Crippen molar-refractivity contribution in [3.05, 3.63) is 72.8 Å². The summed E-state index contributed by atoms with van der Waals surface area (Å²) in [6, 6.07) is 25.8. The van der Waals surface area contributed by atoms with Gasteiger partial charge in [0.05, 0.1) is 51.2 Å². The van der Waals surface area contributed by atoms with Crippen LogP contribution in [0.5, 0.6) is 23.0 Å². The predicted molar refractivity (Wildman–Crippen MR) is 165 cm³/mol. The number of hydrogen-bond acceptors (Lipinski definition) is 6. The Morgan fingerprint density at radius 2 is 0.850 bits per heavy atom. The summed E-state index contributed by atoms with van der Waals surface area (Å²) in [5.74, 6) is 3.11. The van der Waals surface area contributed by atoms with Gasteiger partial charge >= 0.3 is 0 Å². The highest BCUT2D eigenvalue weighted by molar-refractivity contribution is 5.97. The molecule has 0 saturated heterocycles. The van der Waals surface area contributed by atoms with E-state index in [0.29, 0.717) is 0 Å². The van der Waals surface area contributed by atoms with Crippen LogP contribution in [0.4, 0.5) is 22.7 Å². The van der Waals surface area contributed by atoms with E-state index in [4.69, 9.17) is 18.9 Å². The van der Waals surface area contributed by atoms with Crippen molar-refractivity contribution in [3.63, 3.8) is 0 Å². The number of nitrogens with zero attached hydrogens (tertiary/aromatic N) is 2. The lowest BCUT2D eigenvalue weighted by molar-refractivity contribution is 0.395. The maximum atomic E-state index is 5.74. The second kappa shape index (κ2) is 11.0. The minimum Gasteiger partial charge on any atom is -0.497 e. The lowest BCUT2D eigenvalue weighted by Crippen LogP contribution is -2.36. The van der Waals surface area contributed by atoms with Crippen molar-refractivity contribution < 1.29 is 18.9 Å². The van der Waals surface area contributed by atoms with Gasteiger partial charge in [-0.1, -0.05) is 12.1 Å². The quantitative estimate of drug-likeness (QED) is 0.224. The van der Waals surface area contributed by atoms with E-state index in [0.717, 1.165) is 45.3 Å². The van der Waals surface area contributed by atoms with E-state index in [1.165, 1.54) is 22.7 Å². The van der Waals surface area contributed by atoms with Crippen molar-refractivity contribution in [2.45, 2.75) is 39.8 Å². The monoisotopic (exact) mass is 538 g/mol. The molecule has 0 aromatic heterocycles. The summed E-state index contributed by atoms with van der Waals surface area (Å²) >= 11 is 0. The van der Waals surface area contributed by atoms with Gasteiger partial charge in [0.25, 0.3) is 0 Å². The standard InChI is InChI=1S/C34H38N2O4/c1-21(2)35-29-15-9-24(28-14-12-26(38-6)20-34(28)40-8)18-32(29)36(22(3)4)30-16-10-23(17-31(30)35)27-13-11-25(37-5)19-33(27)39-7/h9-22H,1-8H3. The molecule has 0 atom stereocenters. The molecule has 0 N–H and O–H groups in total. The van der Waals surface area contributed by atoms with Crippen LogP contribution in [0.25, 0.3) is 22.3 Å². The fourth-order valence-electron chi connectivity index (χ4n) is 5.62. The summed E-state index contributed by atoms with van der Waals surface area (Å²) in [5.41, 5.74) is 8.92. The molecule has 40 heavy (non-hydrogen) atoms. The molecule has 0 saturated carbocycles. The SMILES string of the molecule is COc1ccc(-c2ccc3c(c2)N(C(C)C)c2ccc(-c4ccc(OC)cc4OC)cc2N3C(C)C)c(OC)c1. The second-order valence-electron chi connectivity index (χ2n) is 10.5. The Morgan fingerprint density at radius 3 is 1.18 bits per heavy atom. The predicted octanol–water partition coefficient (Wildman–Crippen LogP) is 8.46. The average Bonchev–Trinajstić information content (AvgIpc) is 2.97. The molecule has 6 heteroatoms. The van der Waals surface area contributed by atoms with E-state index >= 15 is 0 Å². The number of ether oxygens (including phenoxy) is 4. The molecule has 4 aromatic carbocycles. The molecule has 0 fully saturated rings. The van der Waals surface area contributed by atoms with Crippen LogP contribution in [-0.4, -0.2) is 40.5 Å². The van der Waals surface area contributed by atoms with Crippen molar-refractivity contribution in [2.24, 2.45) is 0 Å². The third-order valence-electron chi connectivity index (χ3n) is 7.46. The molecule has 0 aliphatic carbocycles. The first-order chi connectivity index (χ1) is 19.3. The van der Waals surface area contributed by atoms with Crippen LogP contribution < -0.4 is 28.7 Å². The Balaban J connectivity index is 1.67. The van der Waals surface area contributed by atoms with Crippen LogP contribution in [0.15, 0.2) is 72.8 Å². The summed E-state index contributed by atoms with van der Waals surface area (Å²) in [6.45, 7) is 8.94. The van der Waals surface area contributed by atoms with Crippen molar-refractivity contribution in [3.8, 4) is 45.3 Å². The van der Waals surface area contributed by atoms with E-state index in [1.54, 1.807) is 28.4 Å². The first-order valence-electron chi connectivity index (χ1n) is 13.6. The van der Waals surface area contributed by atoms with Crippen LogP contribution >= 0.6 is 0 Å². The first kappa shape index (κ1) is 27.3. The van der Waals surface area contributed by atoms with E-state index < -0.39 is 0 Å². The van der Waals surface area contributed by atoms with Gasteiger partial charge < -0.3 is 28.7 Å². The van der Waals surface area contributed by atoms with Crippen LogP contribution in [0, 0.1) is 0 Å². The van der Waals surface area contributed by atoms with Crippen LogP contribution in [-0.2, 0) is 0 Å². The minimum atomic E-state index is 0.237. The number of fused-ring (bicyclic) bond motifs is 2. The Labute approximate surface area is 237 Å². The van der Waals surface area contributed by atoms with Gasteiger partial charge in [0.1, 0.15) is 23.0 Å². The van der Waals surface area contributed by atoms with Gasteiger partial charge in [0.2, 0.25) is 0 Å². The fourth-order valence-corrected chi connectivity index (χ4v) is 5.62. The zero-order valence-corrected chi connectivity index (χ0v) is 24.6. The lowest BCUT2D eigenvalue weighted by atomic mass is 9.96. The normalized spacial score (nSPS) is 12.3. The van der Waals surface area contributed by atoms with Crippen LogP contribution in [0.2, 0.25) is 0 Å². The van der Waals surface area contributed by atoms with Gasteiger partial charge in [-0.05, 0) is 87.4 Å². The molecular weight excluding hydrogens is 500 g/mol.